The number of rotatable bonds is 5. The summed E-state index contributed by atoms with van der Waals surface area (Å²) >= 11 is 1.36. The zero-order valence-corrected chi connectivity index (χ0v) is 19.1. The van der Waals surface area contributed by atoms with Gasteiger partial charge in [0, 0.05) is 14.1 Å². The molecule has 0 saturated heterocycles. The van der Waals surface area contributed by atoms with Crippen molar-refractivity contribution in [3.63, 3.8) is 0 Å². The first kappa shape index (κ1) is 21.0. The number of thiazole rings is 1. The summed E-state index contributed by atoms with van der Waals surface area (Å²) in [4.78, 5) is 17.6. The van der Waals surface area contributed by atoms with Crippen LogP contribution in [-0.4, -0.2) is 36.1 Å². The molecule has 0 bridgehead atoms. The summed E-state index contributed by atoms with van der Waals surface area (Å²) in [5.74, 6) is -0.318. The van der Waals surface area contributed by atoms with Crippen molar-refractivity contribution in [1.82, 2.24) is 14.8 Å². The number of aromatic nitrogens is 3. The number of hydrogen-bond acceptors (Lipinski definition) is 6. The van der Waals surface area contributed by atoms with Crippen molar-refractivity contribution in [1.29, 1.82) is 0 Å². The molecule has 0 aliphatic heterocycles. The second-order valence-corrected chi connectivity index (χ2v) is 10.2. The number of fused-ring (bicyclic) bond motifs is 1. The number of hydrogen-bond donors (Lipinski definition) is 1. The van der Waals surface area contributed by atoms with Gasteiger partial charge in [-0.05, 0) is 37.6 Å². The molecule has 8 nitrogen and oxygen atoms in total. The van der Waals surface area contributed by atoms with Crippen LogP contribution in [-0.2, 0) is 17.1 Å². The van der Waals surface area contributed by atoms with E-state index in [1.165, 1.54) is 29.3 Å². The Morgan fingerprint density at radius 2 is 1.84 bits per heavy atom. The summed E-state index contributed by atoms with van der Waals surface area (Å²) in [5.41, 5.74) is 2.93. The van der Waals surface area contributed by atoms with Crippen LogP contribution in [0.2, 0.25) is 0 Å². The van der Waals surface area contributed by atoms with Crippen molar-refractivity contribution in [3.8, 4) is 0 Å². The lowest BCUT2D eigenvalue weighted by Gasteiger charge is -2.20. The van der Waals surface area contributed by atoms with Gasteiger partial charge in [-0.25, -0.2) is 13.4 Å². The standard InChI is InChI=1S/C21H21N5O3S2/c1-13-8-10-15(11-9-13)31(28,29)26(4)20-16(12-22-25(20)3)19(27)24-21-23-18-14(2)6-5-7-17(18)30-21/h5-12H,1-4H3,(H,23,24,27). The van der Waals surface area contributed by atoms with Crippen molar-refractivity contribution < 1.29 is 13.2 Å². The van der Waals surface area contributed by atoms with E-state index in [0.29, 0.717) is 5.13 Å². The molecule has 2 aromatic heterocycles. The minimum atomic E-state index is -3.88. The molecule has 31 heavy (non-hydrogen) atoms. The molecule has 0 atom stereocenters. The lowest BCUT2D eigenvalue weighted by atomic mass is 10.2. The Morgan fingerprint density at radius 1 is 1.13 bits per heavy atom. The SMILES string of the molecule is Cc1ccc(S(=O)(=O)N(C)c2c(C(=O)Nc3nc4c(C)cccc4s3)cnn2C)cc1. The molecule has 2 aromatic carbocycles. The number of nitrogens with one attached hydrogen (secondary N) is 1. The minimum Gasteiger partial charge on any atom is -0.298 e. The fourth-order valence-corrected chi connectivity index (χ4v) is 5.43. The Kier molecular flexibility index (Phi) is 5.28. The molecule has 0 spiro atoms. The average Bonchev–Trinajstić information content (AvgIpc) is 3.31. The Bertz CT molecular complexity index is 1390. The number of anilines is 2. The predicted molar refractivity (Wildman–Crippen MR) is 122 cm³/mol. The highest BCUT2D eigenvalue weighted by Crippen LogP contribution is 2.30. The predicted octanol–water partition coefficient (Wildman–Crippen LogP) is 3.72. The highest BCUT2D eigenvalue weighted by Gasteiger charge is 2.29. The second kappa shape index (κ2) is 7.78. The summed E-state index contributed by atoms with van der Waals surface area (Å²) in [7, 11) is -0.878. The molecule has 4 aromatic rings. The van der Waals surface area contributed by atoms with Gasteiger partial charge in [0.1, 0.15) is 5.56 Å². The van der Waals surface area contributed by atoms with Gasteiger partial charge in [0.25, 0.3) is 15.9 Å². The number of para-hydroxylation sites is 1. The van der Waals surface area contributed by atoms with Gasteiger partial charge in [0.15, 0.2) is 10.9 Å². The van der Waals surface area contributed by atoms with Crippen LogP contribution in [0.5, 0.6) is 0 Å². The van der Waals surface area contributed by atoms with Crippen molar-refractivity contribution in [2.45, 2.75) is 18.7 Å². The normalized spacial score (nSPS) is 11.6. The lowest BCUT2D eigenvalue weighted by molar-refractivity contribution is 0.102. The van der Waals surface area contributed by atoms with E-state index < -0.39 is 15.9 Å². The molecule has 0 aliphatic carbocycles. The molecule has 0 saturated carbocycles. The monoisotopic (exact) mass is 455 g/mol. The maximum atomic E-state index is 13.1. The largest absolute Gasteiger partial charge is 0.298 e. The zero-order chi connectivity index (χ0) is 22.3. The van der Waals surface area contributed by atoms with Crippen LogP contribution in [0.4, 0.5) is 10.9 Å². The number of nitrogens with zero attached hydrogens (tertiary/aromatic N) is 4. The van der Waals surface area contributed by atoms with Crippen LogP contribution >= 0.6 is 11.3 Å². The summed E-state index contributed by atoms with van der Waals surface area (Å²) in [6.45, 7) is 3.84. The van der Waals surface area contributed by atoms with Gasteiger partial charge in [-0.15, -0.1) is 0 Å². The molecule has 160 valence electrons. The third-order valence-corrected chi connectivity index (χ3v) is 7.67. The highest BCUT2D eigenvalue weighted by molar-refractivity contribution is 7.92. The Morgan fingerprint density at radius 3 is 2.52 bits per heavy atom. The molecule has 4 rings (SSSR count). The number of benzene rings is 2. The van der Waals surface area contributed by atoms with E-state index >= 15 is 0 Å². The van der Waals surface area contributed by atoms with Gasteiger partial charge in [-0.2, -0.15) is 5.10 Å². The van der Waals surface area contributed by atoms with E-state index in [1.54, 1.807) is 31.3 Å². The van der Waals surface area contributed by atoms with Crippen molar-refractivity contribution in [2.75, 3.05) is 16.7 Å². The summed E-state index contributed by atoms with van der Waals surface area (Å²) in [6, 6.07) is 12.4. The number of carbonyl (C=O) groups excluding carboxylic acids is 1. The molecule has 0 aliphatic rings. The van der Waals surface area contributed by atoms with E-state index in [9.17, 15) is 13.2 Å². The Balaban J connectivity index is 1.67. The maximum Gasteiger partial charge on any atom is 0.265 e. The van der Waals surface area contributed by atoms with Crippen LogP contribution in [0.25, 0.3) is 10.2 Å². The molecule has 1 N–H and O–H groups in total. The highest BCUT2D eigenvalue weighted by atomic mass is 32.2. The summed E-state index contributed by atoms with van der Waals surface area (Å²) in [5, 5.41) is 7.33. The van der Waals surface area contributed by atoms with Crippen molar-refractivity contribution >= 4 is 48.4 Å². The van der Waals surface area contributed by atoms with E-state index in [2.05, 4.69) is 15.4 Å². The van der Waals surface area contributed by atoms with Gasteiger partial charge in [-0.3, -0.25) is 19.1 Å². The smallest absolute Gasteiger partial charge is 0.265 e. The molecule has 10 heteroatoms. The Labute approximate surface area is 184 Å². The topological polar surface area (TPSA) is 97.2 Å². The number of amides is 1. The fraction of sp³-hybridized carbons (Fsp3) is 0.190. The van der Waals surface area contributed by atoms with Gasteiger partial charge >= 0.3 is 0 Å². The van der Waals surface area contributed by atoms with Crippen LogP contribution < -0.4 is 9.62 Å². The summed E-state index contributed by atoms with van der Waals surface area (Å²) < 4.78 is 29.6. The second-order valence-electron chi connectivity index (χ2n) is 7.19. The molecular formula is C21H21N5O3S2. The van der Waals surface area contributed by atoms with Gasteiger partial charge in [-0.1, -0.05) is 41.2 Å². The van der Waals surface area contributed by atoms with Crippen LogP contribution in [0.1, 0.15) is 21.5 Å². The van der Waals surface area contributed by atoms with E-state index in [0.717, 1.165) is 25.6 Å². The van der Waals surface area contributed by atoms with Crippen molar-refractivity contribution in [2.24, 2.45) is 7.05 Å². The molecule has 0 unspecified atom stereocenters. The van der Waals surface area contributed by atoms with E-state index in [-0.39, 0.29) is 16.3 Å². The van der Waals surface area contributed by atoms with E-state index in [1.807, 2.05) is 32.0 Å². The number of sulfonamides is 1. The van der Waals surface area contributed by atoms with Crippen molar-refractivity contribution in [3.05, 3.63) is 65.4 Å². The average molecular weight is 456 g/mol. The maximum absolute atomic E-state index is 13.1. The molecule has 1 amide bonds. The van der Waals surface area contributed by atoms with Gasteiger partial charge in [0.05, 0.1) is 21.3 Å². The third-order valence-electron chi connectivity index (χ3n) is 4.97. The van der Waals surface area contributed by atoms with E-state index in [4.69, 9.17) is 0 Å². The zero-order valence-electron chi connectivity index (χ0n) is 17.4. The first-order valence-electron chi connectivity index (χ1n) is 9.43. The molecule has 0 radical (unpaired) electrons. The first-order chi connectivity index (χ1) is 14.7. The van der Waals surface area contributed by atoms with Gasteiger partial charge in [0.2, 0.25) is 0 Å². The number of carbonyl (C=O) groups is 1. The number of aryl methyl sites for hydroxylation is 3. The third kappa shape index (κ3) is 3.79. The van der Waals surface area contributed by atoms with Crippen LogP contribution in [0.3, 0.4) is 0 Å². The molecule has 0 fully saturated rings. The summed E-state index contributed by atoms with van der Waals surface area (Å²) in [6.07, 6.45) is 1.35. The van der Waals surface area contributed by atoms with Gasteiger partial charge < -0.3 is 0 Å². The quantitative estimate of drug-likeness (QED) is 0.495. The fourth-order valence-electron chi connectivity index (χ4n) is 3.25. The molecule has 2 heterocycles. The molecular weight excluding hydrogens is 434 g/mol. The lowest BCUT2D eigenvalue weighted by Crippen LogP contribution is -2.30. The van der Waals surface area contributed by atoms with Crippen LogP contribution in [0.15, 0.2) is 53.6 Å². The first-order valence-corrected chi connectivity index (χ1v) is 11.7. The Hall–Kier alpha value is -3.24. The minimum absolute atomic E-state index is 0.134. The van der Waals surface area contributed by atoms with Crippen LogP contribution in [0, 0.1) is 13.8 Å².